The van der Waals surface area contributed by atoms with Gasteiger partial charge in [-0.2, -0.15) is 4.98 Å². The Hall–Kier alpha value is -1.39. The van der Waals surface area contributed by atoms with E-state index in [-0.39, 0.29) is 0 Å². The molecule has 0 spiro atoms. The van der Waals surface area contributed by atoms with Crippen molar-refractivity contribution >= 4 is 11.9 Å². The Morgan fingerprint density at radius 1 is 1.36 bits per heavy atom. The van der Waals surface area contributed by atoms with E-state index < -0.39 is 0 Å². The summed E-state index contributed by atoms with van der Waals surface area (Å²) in [6.45, 7) is 2.80. The van der Waals surface area contributed by atoms with E-state index in [1.165, 1.54) is 6.33 Å². The fraction of sp³-hybridized carbons (Fsp3) is 0.500. The monoisotopic (exact) mass is 153 g/mol. The summed E-state index contributed by atoms with van der Waals surface area (Å²) in [4.78, 5) is 11.8. The lowest BCUT2D eigenvalue weighted by Gasteiger charge is -2.01. The predicted octanol–water partition coefficient (Wildman–Crippen LogP) is 0.345. The normalized spacial score (nSPS) is 9.27. The summed E-state index contributed by atoms with van der Waals surface area (Å²) < 4.78 is 0. The van der Waals surface area contributed by atoms with E-state index in [1.807, 2.05) is 6.92 Å². The summed E-state index contributed by atoms with van der Waals surface area (Å²) in [6.07, 6.45) is 1.47. The summed E-state index contributed by atoms with van der Waals surface area (Å²) in [6, 6.07) is 0. The molecule has 1 aromatic heterocycles. The van der Waals surface area contributed by atoms with Crippen molar-refractivity contribution in [3.63, 3.8) is 0 Å². The molecule has 0 aliphatic rings. The summed E-state index contributed by atoms with van der Waals surface area (Å²) in [5.74, 6) is 1.18. The molecule has 60 valence electrons. The molecule has 2 N–H and O–H groups in total. The van der Waals surface area contributed by atoms with E-state index in [9.17, 15) is 0 Å². The quantitative estimate of drug-likeness (QED) is 0.655. The van der Waals surface area contributed by atoms with Gasteiger partial charge in [-0.1, -0.05) is 0 Å². The number of aromatic nitrogens is 3. The molecular weight excluding hydrogens is 142 g/mol. The third-order valence-corrected chi connectivity index (χ3v) is 1.13. The number of anilines is 2. The molecule has 5 nitrogen and oxygen atoms in total. The Morgan fingerprint density at radius 3 is 2.73 bits per heavy atom. The fourth-order valence-corrected chi connectivity index (χ4v) is 0.660. The van der Waals surface area contributed by atoms with Crippen LogP contribution in [-0.2, 0) is 0 Å². The molecular formula is C6H11N5. The van der Waals surface area contributed by atoms with Crippen molar-refractivity contribution in [1.29, 1.82) is 0 Å². The van der Waals surface area contributed by atoms with Gasteiger partial charge in [-0.3, -0.25) is 0 Å². The predicted molar refractivity (Wildman–Crippen MR) is 43.5 cm³/mol. The number of rotatable bonds is 3. The third-order valence-electron chi connectivity index (χ3n) is 1.13. The minimum atomic E-state index is 0.580. The number of nitrogens with one attached hydrogen (secondary N) is 2. The van der Waals surface area contributed by atoms with Gasteiger partial charge in [0.2, 0.25) is 11.9 Å². The minimum absolute atomic E-state index is 0.580. The summed E-state index contributed by atoms with van der Waals surface area (Å²) >= 11 is 0. The molecule has 1 aromatic rings. The molecule has 1 rings (SSSR count). The Balaban J connectivity index is 2.74. The van der Waals surface area contributed by atoms with Crippen molar-refractivity contribution in [2.45, 2.75) is 6.92 Å². The van der Waals surface area contributed by atoms with Crippen LogP contribution in [0, 0.1) is 0 Å². The largest absolute Gasteiger partial charge is 0.357 e. The number of nitrogens with zero attached hydrogens (tertiary/aromatic N) is 3. The zero-order chi connectivity index (χ0) is 8.10. The van der Waals surface area contributed by atoms with Gasteiger partial charge in [-0.05, 0) is 6.92 Å². The van der Waals surface area contributed by atoms with E-state index in [4.69, 9.17) is 0 Å². The van der Waals surface area contributed by atoms with Crippen LogP contribution < -0.4 is 10.6 Å². The van der Waals surface area contributed by atoms with Gasteiger partial charge < -0.3 is 10.6 Å². The van der Waals surface area contributed by atoms with Crippen molar-refractivity contribution in [2.75, 3.05) is 24.2 Å². The average Bonchev–Trinajstić information content (AvgIpc) is 2.06. The van der Waals surface area contributed by atoms with Gasteiger partial charge in [0.25, 0.3) is 0 Å². The van der Waals surface area contributed by atoms with Crippen LogP contribution >= 0.6 is 0 Å². The zero-order valence-electron chi connectivity index (χ0n) is 6.63. The SMILES string of the molecule is CCNc1ncnc(NC)n1. The first kappa shape index (κ1) is 7.71. The molecule has 0 aliphatic carbocycles. The van der Waals surface area contributed by atoms with Crippen molar-refractivity contribution in [3.05, 3.63) is 6.33 Å². The highest BCUT2D eigenvalue weighted by atomic mass is 15.2. The molecule has 0 atom stereocenters. The van der Waals surface area contributed by atoms with Crippen LogP contribution in [0.1, 0.15) is 6.92 Å². The lowest BCUT2D eigenvalue weighted by Crippen LogP contribution is -2.05. The van der Waals surface area contributed by atoms with Gasteiger partial charge in [-0.15, -0.1) is 0 Å². The maximum atomic E-state index is 4.04. The van der Waals surface area contributed by atoms with Crippen LogP contribution in [0.15, 0.2) is 6.33 Å². The second-order valence-electron chi connectivity index (χ2n) is 1.91. The molecule has 0 unspecified atom stereocenters. The van der Waals surface area contributed by atoms with Crippen molar-refractivity contribution in [3.8, 4) is 0 Å². The smallest absolute Gasteiger partial charge is 0.227 e. The van der Waals surface area contributed by atoms with Crippen LogP contribution in [-0.4, -0.2) is 28.5 Å². The minimum Gasteiger partial charge on any atom is -0.357 e. The second kappa shape index (κ2) is 3.70. The van der Waals surface area contributed by atoms with E-state index in [0.717, 1.165) is 6.54 Å². The van der Waals surface area contributed by atoms with Crippen LogP contribution in [0.3, 0.4) is 0 Å². The van der Waals surface area contributed by atoms with Crippen molar-refractivity contribution in [1.82, 2.24) is 15.0 Å². The van der Waals surface area contributed by atoms with E-state index in [2.05, 4.69) is 25.6 Å². The zero-order valence-corrected chi connectivity index (χ0v) is 6.63. The Kier molecular flexibility index (Phi) is 2.59. The van der Waals surface area contributed by atoms with Gasteiger partial charge in [0.15, 0.2) is 0 Å². The summed E-state index contributed by atoms with van der Waals surface area (Å²) in [5, 5.41) is 5.80. The molecule has 0 radical (unpaired) electrons. The van der Waals surface area contributed by atoms with Crippen LogP contribution in [0.2, 0.25) is 0 Å². The molecule has 0 aliphatic heterocycles. The highest BCUT2D eigenvalue weighted by Gasteiger charge is 1.94. The molecule has 0 amide bonds. The molecule has 0 bridgehead atoms. The van der Waals surface area contributed by atoms with E-state index in [1.54, 1.807) is 7.05 Å². The van der Waals surface area contributed by atoms with E-state index >= 15 is 0 Å². The molecule has 1 heterocycles. The Labute approximate surface area is 65.3 Å². The number of hydrogen-bond acceptors (Lipinski definition) is 5. The first-order valence-electron chi connectivity index (χ1n) is 3.47. The standard InChI is InChI=1S/C6H11N5/c1-3-8-6-10-4-9-5(7-2)11-6/h4H,3H2,1-2H3,(H2,7,8,9,10,11). The van der Waals surface area contributed by atoms with Crippen LogP contribution in [0.4, 0.5) is 11.9 Å². The Bertz CT molecular complexity index is 224. The lowest BCUT2D eigenvalue weighted by atomic mass is 10.7. The van der Waals surface area contributed by atoms with Crippen molar-refractivity contribution < 1.29 is 0 Å². The van der Waals surface area contributed by atoms with Gasteiger partial charge in [0.05, 0.1) is 0 Å². The number of hydrogen-bond donors (Lipinski definition) is 2. The Morgan fingerprint density at radius 2 is 2.09 bits per heavy atom. The maximum Gasteiger partial charge on any atom is 0.227 e. The van der Waals surface area contributed by atoms with Gasteiger partial charge in [0, 0.05) is 13.6 Å². The van der Waals surface area contributed by atoms with E-state index in [0.29, 0.717) is 11.9 Å². The molecule has 11 heavy (non-hydrogen) atoms. The van der Waals surface area contributed by atoms with Gasteiger partial charge >= 0.3 is 0 Å². The highest BCUT2D eigenvalue weighted by molar-refractivity contribution is 5.31. The summed E-state index contributed by atoms with van der Waals surface area (Å²) in [7, 11) is 1.77. The highest BCUT2D eigenvalue weighted by Crippen LogP contribution is 1.98. The molecule has 5 heteroatoms. The van der Waals surface area contributed by atoms with Gasteiger partial charge in [0.1, 0.15) is 6.33 Å². The van der Waals surface area contributed by atoms with Crippen molar-refractivity contribution in [2.24, 2.45) is 0 Å². The topological polar surface area (TPSA) is 62.7 Å². The average molecular weight is 153 g/mol. The summed E-state index contributed by atoms with van der Waals surface area (Å²) in [5.41, 5.74) is 0. The lowest BCUT2D eigenvalue weighted by molar-refractivity contribution is 1.02. The molecule has 0 fully saturated rings. The van der Waals surface area contributed by atoms with Crippen LogP contribution in [0.5, 0.6) is 0 Å². The molecule has 0 aromatic carbocycles. The molecule has 0 saturated heterocycles. The molecule has 0 saturated carbocycles. The van der Waals surface area contributed by atoms with Gasteiger partial charge in [-0.25, -0.2) is 9.97 Å². The second-order valence-corrected chi connectivity index (χ2v) is 1.91. The van der Waals surface area contributed by atoms with Crippen LogP contribution in [0.25, 0.3) is 0 Å². The first-order valence-corrected chi connectivity index (χ1v) is 3.47. The third kappa shape index (κ3) is 2.03. The maximum absolute atomic E-state index is 4.04. The fourth-order valence-electron chi connectivity index (χ4n) is 0.660. The first-order chi connectivity index (χ1) is 5.36.